The lowest BCUT2D eigenvalue weighted by Crippen LogP contribution is -2.03. The second-order valence-corrected chi connectivity index (χ2v) is 4.97. The first kappa shape index (κ1) is 14.1. The van der Waals surface area contributed by atoms with E-state index in [2.05, 4.69) is 0 Å². The van der Waals surface area contributed by atoms with Crippen molar-refractivity contribution < 1.29 is 9.53 Å². The number of hydrogen-bond acceptors (Lipinski definition) is 2. The minimum atomic E-state index is 0.0158. The average Bonchev–Trinajstić information content (AvgIpc) is 2.62. The van der Waals surface area contributed by atoms with Crippen molar-refractivity contribution in [3.05, 3.63) is 90.0 Å². The summed E-state index contributed by atoms with van der Waals surface area (Å²) in [6.07, 6.45) is 0. The number of carbonyl (C=O) groups is 1. The lowest BCUT2D eigenvalue weighted by atomic mass is 9.94. The van der Waals surface area contributed by atoms with Crippen molar-refractivity contribution in [1.82, 2.24) is 0 Å². The van der Waals surface area contributed by atoms with Gasteiger partial charge < -0.3 is 4.74 Å². The van der Waals surface area contributed by atoms with Gasteiger partial charge in [-0.2, -0.15) is 0 Å². The van der Waals surface area contributed by atoms with Crippen molar-refractivity contribution >= 4 is 5.78 Å². The summed E-state index contributed by atoms with van der Waals surface area (Å²) in [5.41, 5.74) is 3.25. The topological polar surface area (TPSA) is 26.3 Å². The second-order valence-electron chi connectivity index (χ2n) is 4.97. The van der Waals surface area contributed by atoms with Crippen molar-refractivity contribution in [2.24, 2.45) is 0 Å². The van der Waals surface area contributed by atoms with Crippen molar-refractivity contribution in [2.75, 3.05) is 7.11 Å². The Morgan fingerprint density at radius 1 is 0.818 bits per heavy atom. The predicted molar refractivity (Wildman–Crippen MR) is 88.3 cm³/mol. The summed E-state index contributed by atoms with van der Waals surface area (Å²) in [5, 5.41) is 0. The average molecular weight is 288 g/mol. The van der Waals surface area contributed by atoms with E-state index >= 15 is 0 Å². The van der Waals surface area contributed by atoms with Gasteiger partial charge in [0.2, 0.25) is 0 Å². The summed E-state index contributed by atoms with van der Waals surface area (Å²) in [6, 6.07) is 24.8. The van der Waals surface area contributed by atoms with Gasteiger partial charge >= 0.3 is 0 Å². The molecule has 0 bridgehead atoms. The summed E-state index contributed by atoms with van der Waals surface area (Å²) in [4.78, 5) is 12.8. The smallest absolute Gasteiger partial charge is 0.193 e. The van der Waals surface area contributed by atoms with Crippen LogP contribution in [0.3, 0.4) is 0 Å². The molecule has 0 aromatic heterocycles. The first-order valence-corrected chi connectivity index (χ1v) is 7.13. The molecule has 0 heterocycles. The van der Waals surface area contributed by atoms with Crippen molar-refractivity contribution in [3.63, 3.8) is 0 Å². The predicted octanol–water partition coefficient (Wildman–Crippen LogP) is 4.59. The van der Waals surface area contributed by atoms with E-state index in [1.165, 1.54) is 0 Å². The van der Waals surface area contributed by atoms with Gasteiger partial charge in [-0.1, -0.05) is 60.7 Å². The summed E-state index contributed by atoms with van der Waals surface area (Å²) in [7, 11) is 1.63. The molecule has 0 atom stereocenters. The van der Waals surface area contributed by atoms with E-state index in [4.69, 9.17) is 4.74 Å². The highest BCUT2D eigenvalue weighted by molar-refractivity contribution is 6.13. The van der Waals surface area contributed by atoms with E-state index in [9.17, 15) is 4.79 Å². The summed E-state index contributed by atoms with van der Waals surface area (Å²) < 4.78 is 5.31. The van der Waals surface area contributed by atoms with Crippen molar-refractivity contribution in [1.29, 1.82) is 0 Å². The second kappa shape index (κ2) is 6.27. The van der Waals surface area contributed by atoms with Gasteiger partial charge in [0, 0.05) is 11.1 Å². The fourth-order valence-corrected chi connectivity index (χ4v) is 2.45. The van der Waals surface area contributed by atoms with Crippen LogP contribution in [0, 0.1) is 0 Å². The first-order valence-electron chi connectivity index (χ1n) is 7.13. The summed E-state index contributed by atoms with van der Waals surface area (Å²) in [5.74, 6) is 0.755. The van der Waals surface area contributed by atoms with Crippen molar-refractivity contribution in [2.45, 2.75) is 0 Å². The van der Waals surface area contributed by atoms with Crippen LogP contribution >= 0.6 is 0 Å². The SMILES string of the molecule is COc1ccc(C(=O)c2ccccc2)c(-c2ccccc2)c1. The molecule has 0 fully saturated rings. The van der Waals surface area contributed by atoms with Crippen LogP contribution in [0.25, 0.3) is 11.1 Å². The standard InChI is InChI=1S/C20H16O2/c1-22-17-12-13-18(20(21)16-10-6-3-7-11-16)19(14-17)15-8-4-2-5-9-15/h2-14H,1H3. The molecule has 0 radical (unpaired) electrons. The van der Waals surface area contributed by atoms with Crippen LogP contribution in [0.2, 0.25) is 0 Å². The highest BCUT2D eigenvalue weighted by Crippen LogP contribution is 2.29. The molecule has 2 heteroatoms. The Bertz CT molecular complexity index is 777. The van der Waals surface area contributed by atoms with Crippen molar-refractivity contribution in [3.8, 4) is 16.9 Å². The Kier molecular flexibility index (Phi) is 4.01. The molecule has 0 aliphatic heterocycles. The number of hydrogen-bond donors (Lipinski definition) is 0. The molecule has 22 heavy (non-hydrogen) atoms. The zero-order valence-electron chi connectivity index (χ0n) is 12.3. The molecule has 0 unspecified atom stereocenters. The third-order valence-electron chi connectivity index (χ3n) is 3.59. The van der Waals surface area contributed by atoms with Gasteiger partial charge in [0.05, 0.1) is 7.11 Å². The van der Waals surface area contributed by atoms with Crippen LogP contribution in [0.15, 0.2) is 78.9 Å². The minimum Gasteiger partial charge on any atom is -0.497 e. The molecule has 0 spiro atoms. The lowest BCUT2D eigenvalue weighted by molar-refractivity contribution is 0.103. The first-order chi connectivity index (χ1) is 10.8. The van der Waals surface area contributed by atoms with Crippen LogP contribution in [0.5, 0.6) is 5.75 Å². The third kappa shape index (κ3) is 2.77. The van der Waals surface area contributed by atoms with Gasteiger partial charge in [-0.15, -0.1) is 0 Å². The molecule has 3 aromatic carbocycles. The molecule has 2 nitrogen and oxygen atoms in total. The number of carbonyl (C=O) groups excluding carboxylic acids is 1. The zero-order valence-corrected chi connectivity index (χ0v) is 12.3. The molecule has 3 rings (SSSR count). The molecule has 0 N–H and O–H groups in total. The van der Waals surface area contributed by atoms with Gasteiger partial charge in [-0.3, -0.25) is 4.79 Å². The normalized spacial score (nSPS) is 10.2. The zero-order chi connectivity index (χ0) is 15.4. The third-order valence-corrected chi connectivity index (χ3v) is 3.59. The molecule has 0 aliphatic rings. The largest absolute Gasteiger partial charge is 0.497 e. The summed E-state index contributed by atoms with van der Waals surface area (Å²) in [6.45, 7) is 0. The number of ether oxygens (including phenoxy) is 1. The van der Waals surface area contributed by atoms with E-state index in [0.717, 1.165) is 16.9 Å². The monoisotopic (exact) mass is 288 g/mol. The van der Waals surface area contributed by atoms with Crippen LogP contribution in [0.4, 0.5) is 0 Å². The van der Waals surface area contributed by atoms with Gasteiger partial charge in [0.25, 0.3) is 0 Å². The van der Waals surface area contributed by atoms with Crippen LogP contribution in [-0.2, 0) is 0 Å². The van der Waals surface area contributed by atoms with Crippen LogP contribution in [-0.4, -0.2) is 12.9 Å². The quantitative estimate of drug-likeness (QED) is 0.656. The molecule has 3 aromatic rings. The fourth-order valence-electron chi connectivity index (χ4n) is 2.45. The Hall–Kier alpha value is -2.87. The molecule has 0 saturated carbocycles. The number of benzene rings is 3. The maximum Gasteiger partial charge on any atom is 0.193 e. The highest BCUT2D eigenvalue weighted by atomic mass is 16.5. The number of rotatable bonds is 4. The lowest BCUT2D eigenvalue weighted by Gasteiger charge is -2.11. The Balaban J connectivity index is 2.14. The molecular weight excluding hydrogens is 272 g/mol. The number of ketones is 1. The van der Waals surface area contributed by atoms with E-state index in [-0.39, 0.29) is 5.78 Å². The van der Waals surface area contributed by atoms with Gasteiger partial charge in [-0.25, -0.2) is 0 Å². The Morgan fingerprint density at radius 3 is 2.09 bits per heavy atom. The Labute approximate surface area is 130 Å². The summed E-state index contributed by atoms with van der Waals surface area (Å²) >= 11 is 0. The molecule has 108 valence electrons. The van der Waals surface area contributed by atoms with Gasteiger partial charge in [-0.05, 0) is 29.3 Å². The highest BCUT2D eigenvalue weighted by Gasteiger charge is 2.15. The van der Waals surface area contributed by atoms with E-state index in [0.29, 0.717) is 11.1 Å². The van der Waals surface area contributed by atoms with Crippen LogP contribution in [0.1, 0.15) is 15.9 Å². The van der Waals surface area contributed by atoms with Crippen LogP contribution < -0.4 is 4.74 Å². The molecule has 0 saturated heterocycles. The van der Waals surface area contributed by atoms with Gasteiger partial charge in [0.15, 0.2) is 5.78 Å². The molecule has 0 aliphatic carbocycles. The molecule has 0 amide bonds. The van der Waals surface area contributed by atoms with E-state index in [1.807, 2.05) is 78.9 Å². The Morgan fingerprint density at radius 2 is 1.45 bits per heavy atom. The fraction of sp³-hybridized carbons (Fsp3) is 0.0500. The van der Waals surface area contributed by atoms with E-state index < -0.39 is 0 Å². The van der Waals surface area contributed by atoms with Gasteiger partial charge in [0.1, 0.15) is 5.75 Å². The number of methoxy groups -OCH3 is 1. The maximum absolute atomic E-state index is 12.8. The molecular formula is C20H16O2. The minimum absolute atomic E-state index is 0.0158. The van der Waals surface area contributed by atoms with E-state index in [1.54, 1.807) is 7.11 Å². The maximum atomic E-state index is 12.8.